The summed E-state index contributed by atoms with van der Waals surface area (Å²) >= 11 is 0. The van der Waals surface area contributed by atoms with Crippen LogP contribution >= 0.6 is 0 Å². The number of carbonyl (C=O) groups is 1. The lowest BCUT2D eigenvalue weighted by atomic mass is 10.1. The second kappa shape index (κ2) is 7.68. The van der Waals surface area contributed by atoms with Crippen LogP contribution < -0.4 is 10.6 Å². The minimum atomic E-state index is -0.0994. The van der Waals surface area contributed by atoms with Crippen LogP contribution in [0.3, 0.4) is 0 Å². The zero-order chi connectivity index (χ0) is 12.5. The van der Waals surface area contributed by atoms with Gasteiger partial charge in [-0.15, -0.1) is 0 Å². The largest absolute Gasteiger partial charge is 0.396 e. The number of aliphatic hydroxyl groups excluding tert-OH is 1. The Morgan fingerprint density at radius 2 is 2.06 bits per heavy atom. The Hall–Kier alpha value is -1.55. The molecular formula is C13H20N2O2. The first-order valence-electron chi connectivity index (χ1n) is 6.01. The zero-order valence-electron chi connectivity index (χ0n) is 10.2. The molecule has 0 atom stereocenters. The van der Waals surface area contributed by atoms with Gasteiger partial charge in [0.05, 0.1) is 5.56 Å². The Balaban J connectivity index is 2.64. The van der Waals surface area contributed by atoms with Crippen LogP contribution in [0.25, 0.3) is 0 Å². The minimum Gasteiger partial charge on any atom is -0.396 e. The predicted octanol–water partition coefficient (Wildman–Crippen LogP) is 1.62. The third kappa shape index (κ3) is 4.44. The zero-order valence-corrected chi connectivity index (χ0v) is 10.2. The maximum absolute atomic E-state index is 11.9. The minimum absolute atomic E-state index is 0.0933. The fourth-order valence-corrected chi connectivity index (χ4v) is 1.47. The molecule has 1 amide bonds. The molecule has 94 valence electrons. The van der Waals surface area contributed by atoms with Crippen molar-refractivity contribution in [2.45, 2.75) is 19.8 Å². The van der Waals surface area contributed by atoms with Gasteiger partial charge in [0.2, 0.25) is 0 Å². The van der Waals surface area contributed by atoms with E-state index in [1.165, 1.54) is 0 Å². The topological polar surface area (TPSA) is 61.4 Å². The van der Waals surface area contributed by atoms with Gasteiger partial charge in [0, 0.05) is 25.4 Å². The molecule has 3 N–H and O–H groups in total. The third-order valence-corrected chi connectivity index (χ3v) is 2.36. The van der Waals surface area contributed by atoms with Gasteiger partial charge in [-0.3, -0.25) is 4.79 Å². The molecule has 0 aliphatic rings. The summed E-state index contributed by atoms with van der Waals surface area (Å²) in [7, 11) is 0. The highest BCUT2D eigenvalue weighted by Gasteiger charge is 2.09. The number of hydrogen-bond donors (Lipinski definition) is 3. The second-order valence-electron chi connectivity index (χ2n) is 3.81. The number of rotatable bonds is 7. The number of anilines is 1. The molecule has 0 fully saturated rings. The van der Waals surface area contributed by atoms with Gasteiger partial charge in [-0.2, -0.15) is 0 Å². The number of benzene rings is 1. The Morgan fingerprint density at radius 3 is 2.76 bits per heavy atom. The Labute approximate surface area is 102 Å². The van der Waals surface area contributed by atoms with Gasteiger partial charge >= 0.3 is 0 Å². The normalized spacial score (nSPS) is 10.0. The number of nitrogens with one attached hydrogen (secondary N) is 2. The monoisotopic (exact) mass is 236 g/mol. The van der Waals surface area contributed by atoms with E-state index >= 15 is 0 Å². The fraction of sp³-hybridized carbons (Fsp3) is 0.462. The van der Waals surface area contributed by atoms with Crippen LogP contribution in [0.4, 0.5) is 5.69 Å². The highest BCUT2D eigenvalue weighted by Crippen LogP contribution is 2.14. The van der Waals surface area contributed by atoms with Crippen LogP contribution in [-0.2, 0) is 0 Å². The van der Waals surface area contributed by atoms with Crippen LogP contribution in [-0.4, -0.2) is 30.7 Å². The number of carbonyl (C=O) groups excluding carboxylic acids is 1. The third-order valence-electron chi connectivity index (χ3n) is 2.36. The van der Waals surface area contributed by atoms with Crippen LogP contribution in [0.1, 0.15) is 30.1 Å². The lowest BCUT2D eigenvalue weighted by Crippen LogP contribution is -2.26. The Kier molecular flexibility index (Phi) is 6.10. The van der Waals surface area contributed by atoms with Crippen LogP contribution in [0.2, 0.25) is 0 Å². The van der Waals surface area contributed by atoms with Crippen molar-refractivity contribution in [1.29, 1.82) is 0 Å². The molecule has 1 rings (SSSR count). The smallest absolute Gasteiger partial charge is 0.253 e. The average molecular weight is 236 g/mol. The second-order valence-corrected chi connectivity index (χ2v) is 3.81. The van der Waals surface area contributed by atoms with Gasteiger partial charge in [-0.05, 0) is 25.0 Å². The Morgan fingerprint density at radius 1 is 1.29 bits per heavy atom. The SMILES string of the molecule is CCCNc1ccccc1C(=O)NCCCO. The van der Waals surface area contributed by atoms with Crippen molar-refractivity contribution in [3.63, 3.8) is 0 Å². The number of para-hydroxylation sites is 1. The lowest BCUT2D eigenvalue weighted by Gasteiger charge is -2.11. The van der Waals surface area contributed by atoms with E-state index in [4.69, 9.17) is 5.11 Å². The first kappa shape index (κ1) is 13.5. The molecule has 0 saturated heterocycles. The number of aliphatic hydroxyl groups is 1. The molecule has 0 aliphatic heterocycles. The van der Waals surface area contributed by atoms with Gasteiger partial charge in [-0.25, -0.2) is 0 Å². The van der Waals surface area contributed by atoms with E-state index < -0.39 is 0 Å². The van der Waals surface area contributed by atoms with Crippen molar-refractivity contribution in [1.82, 2.24) is 5.32 Å². The van der Waals surface area contributed by atoms with Crippen molar-refractivity contribution >= 4 is 11.6 Å². The van der Waals surface area contributed by atoms with E-state index in [-0.39, 0.29) is 12.5 Å². The molecular weight excluding hydrogens is 216 g/mol. The maximum Gasteiger partial charge on any atom is 0.253 e. The molecule has 0 unspecified atom stereocenters. The summed E-state index contributed by atoms with van der Waals surface area (Å²) in [6.07, 6.45) is 1.59. The van der Waals surface area contributed by atoms with Crippen LogP contribution in [0.5, 0.6) is 0 Å². The van der Waals surface area contributed by atoms with Crippen molar-refractivity contribution < 1.29 is 9.90 Å². The summed E-state index contributed by atoms with van der Waals surface area (Å²) < 4.78 is 0. The van der Waals surface area contributed by atoms with Gasteiger partial charge in [-0.1, -0.05) is 19.1 Å². The summed E-state index contributed by atoms with van der Waals surface area (Å²) in [5, 5.41) is 14.7. The first-order chi connectivity index (χ1) is 8.29. The van der Waals surface area contributed by atoms with Crippen molar-refractivity contribution in [3.8, 4) is 0 Å². The van der Waals surface area contributed by atoms with Crippen molar-refractivity contribution in [2.24, 2.45) is 0 Å². The molecule has 0 aliphatic carbocycles. The molecule has 1 aromatic carbocycles. The lowest BCUT2D eigenvalue weighted by molar-refractivity contribution is 0.0952. The molecule has 1 aromatic rings. The van der Waals surface area contributed by atoms with E-state index in [2.05, 4.69) is 17.6 Å². The summed E-state index contributed by atoms with van der Waals surface area (Å²) in [6, 6.07) is 7.45. The van der Waals surface area contributed by atoms with E-state index in [9.17, 15) is 4.79 Å². The van der Waals surface area contributed by atoms with E-state index in [0.717, 1.165) is 18.7 Å². The van der Waals surface area contributed by atoms with Crippen molar-refractivity contribution in [2.75, 3.05) is 25.0 Å². The Bertz CT molecular complexity index is 353. The predicted molar refractivity (Wildman–Crippen MR) is 69.3 cm³/mol. The first-order valence-corrected chi connectivity index (χ1v) is 6.01. The molecule has 0 bridgehead atoms. The summed E-state index contributed by atoms with van der Waals surface area (Å²) in [5.41, 5.74) is 1.51. The molecule has 17 heavy (non-hydrogen) atoms. The van der Waals surface area contributed by atoms with Crippen LogP contribution in [0, 0.1) is 0 Å². The summed E-state index contributed by atoms with van der Waals surface area (Å²) in [5.74, 6) is -0.0994. The molecule has 4 heteroatoms. The molecule has 0 radical (unpaired) electrons. The molecule has 0 saturated carbocycles. The molecule has 4 nitrogen and oxygen atoms in total. The van der Waals surface area contributed by atoms with Crippen molar-refractivity contribution in [3.05, 3.63) is 29.8 Å². The van der Waals surface area contributed by atoms with Gasteiger partial charge in [0.25, 0.3) is 5.91 Å². The van der Waals surface area contributed by atoms with E-state index in [0.29, 0.717) is 18.5 Å². The summed E-state index contributed by atoms with van der Waals surface area (Å²) in [4.78, 5) is 11.9. The van der Waals surface area contributed by atoms with Gasteiger partial charge < -0.3 is 15.7 Å². The molecule has 0 aromatic heterocycles. The maximum atomic E-state index is 11.9. The molecule has 0 heterocycles. The molecule has 0 spiro atoms. The van der Waals surface area contributed by atoms with E-state index in [1.807, 2.05) is 18.2 Å². The quantitative estimate of drug-likeness (QED) is 0.630. The fourth-order valence-electron chi connectivity index (χ4n) is 1.47. The van der Waals surface area contributed by atoms with Crippen LogP contribution in [0.15, 0.2) is 24.3 Å². The number of hydrogen-bond acceptors (Lipinski definition) is 3. The highest BCUT2D eigenvalue weighted by molar-refractivity contribution is 5.99. The highest BCUT2D eigenvalue weighted by atomic mass is 16.3. The summed E-state index contributed by atoms with van der Waals surface area (Å²) in [6.45, 7) is 3.52. The number of amides is 1. The van der Waals surface area contributed by atoms with Gasteiger partial charge in [0.1, 0.15) is 0 Å². The average Bonchev–Trinajstić information content (AvgIpc) is 2.37. The van der Waals surface area contributed by atoms with E-state index in [1.54, 1.807) is 6.07 Å². The van der Waals surface area contributed by atoms with Gasteiger partial charge in [0.15, 0.2) is 0 Å². The standard InChI is InChI=1S/C13H20N2O2/c1-2-8-14-12-7-4-3-6-11(12)13(17)15-9-5-10-16/h3-4,6-7,14,16H,2,5,8-10H2,1H3,(H,15,17).